The zero-order valence-electron chi connectivity index (χ0n) is 60.9. The number of hydrogen-bond acceptors (Lipinski definition) is 7. The SMILES string of the molecule is CCCCCCC/C=C\C/C=C\CCCCCCCCCCCCCCCC(=O)OC(COC(=O)CCCCCCCCCCCCCCCCCCCCCCCCCCCCCCC/C=C\CCCCCCCCCC)COP(=O)(O)OCC[N+](C)(C)C. The van der Waals surface area contributed by atoms with Crippen LogP contribution in [0.25, 0.3) is 0 Å². The molecule has 0 saturated heterocycles. The molecule has 9 nitrogen and oxygen atoms in total. The fourth-order valence-electron chi connectivity index (χ4n) is 12.0. The predicted octanol–water partition coefficient (Wildman–Crippen LogP) is 26.2. The number of phosphoric acid groups is 1. The van der Waals surface area contributed by atoms with Crippen molar-refractivity contribution in [1.82, 2.24) is 0 Å². The van der Waals surface area contributed by atoms with Crippen LogP contribution in [0, 0.1) is 0 Å². The van der Waals surface area contributed by atoms with Gasteiger partial charge in [0.05, 0.1) is 27.7 Å². The number of carbonyl (C=O) groups excluding carboxylic acids is 2. The summed E-state index contributed by atoms with van der Waals surface area (Å²) in [4.78, 5) is 35.9. The topological polar surface area (TPSA) is 108 Å². The Hall–Kier alpha value is -1.77. The second-order valence-corrected chi connectivity index (χ2v) is 29.9. The van der Waals surface area contributed by atoms with E-state index in [-0.39, 0.29) is 25.6 Å². The summed E-state index contributed by atoms with van der Waals surface area (Å²) in [7, 11) is 1.50. The minimum atomic E-state index is -4.39. The van der Waals surface area contributed by atoms with Gasteiger partial charge >= 0.3 is 19.8 Å². The van der Waals surface area contributed by atoms with Crippen molar-refractivity contribution >= 4 is 19.8 Å². The highest BCUT2D eigenvalue weighted by atomic mass is 31.2. The molecule has 0 rings (SSSR count). The number of rotatable bonds is 75. The van der Waals surface area contributed by atoms with E-state index >= 15 is 0 Å². The van der Waals surface area contributed by atoms with Gasteiger partial charge in [0, 0.05) is 12.8 Å². The van der Waals surface area contributed by atoms with Crippen LogP contribution in [-0.4, -0.2) is 74.9 Å². The maximum atomic E-state index is 12.9. The summed E-state index contributed by atoms with van der Waals surface area (Å²) in [6, 6.07) is 0. The van der Waals surface area contributed by atoms with Gasteiger partial charge in [-0.1, -0.05) is 365 Å². The van der Waals surface area contributed by atoms with Crippen LogP contribution in [0.15, 0.2) is 36.5 Å². The van der Waals surface area contributed by atoms with Crippen molar-refractivity contribution in [2.45, 2.75) is 418 Å². The second kappa shape index (κ2) is 71.5. The normalized spacial score (nSPS) is 13.2. The van der Waals surface area contributed by atoms with Gasteiger partial charge in [-0.25, -0.2) is 4.57 Å². The molecule has 0 radical (unpaired) electrons. The number of ether oxygens (including phenoxy) is 2. The third-order valence-electron chi connectivity index (χ3n) is 18.1. The molecule has 0 amide bonds. The molecule has 0 aliphatic heterocycles. The van der Waals surface area contributed by atoms with E-state index in [4.69, 9.17) is 18.5 Å². The maximum absolute atomic E-state index is 12.9. The Bertz CT molecular complexity index is 1610. The molecule has 90 heavy (non-hydrogen) atoms. The van der Waals surface area contributed by atoms with Gasteiger partial charge in [0.25, 0.3) is 0 Å². The fraction of sp³-hybridized carbons (Fsp3) is 0.900. The van der Waals surface area contributed by atoms with Crippen LogP contribution in [-0.2, 0) is 32.7 Å². The molecule has 1 N–H and O–H groups in total. The van der Waals surface area contributed by atoms with E-state index in [9.17, 15) is 19.0 Å². The van der Waals surface area contributed by atoms with Crippen molar-refractivity contribution in [3.8, 4) is 0 Å². The Morgan fingerprint density at radius 2 is 0.600 bits per heavy atom. The summed E-state index contributed by atoms with van der Waals surface area (Å²) < 4.78 is 34.8. The summed E-state index contributed by atoms with van der Waals surface area (Å²) in [5.74, 6) is -0.775. The first-order valence-electron chi connectivity index (χ1n) is 39.7. The van der Waals surface area contributed by atoms with Gasteiger partial charge in [0.15, 0.2) is 6.10 Å². The first kappa shape index (κ1) is 88.2. The van der Waals surface area contributed by atoms with E-state index in [1.165, 1.54) is 340 Å². The molecule has 2 atom stereocenters. The van der Waals surface area contributed by atoms with Crippen molar-refractivity contribution in [3.05, 3.63) is 36.5 Å². The number of unbranched alkanes of at least 4 members (excludes halogenated alkanes) is 55. The molecule has 2 unspecified atom stereocenters. The number of esters is 2. The zero-order chi connectivity index (χ0) is 65.5. The van der Waals surface area contributed by atoms with E-state index in [0.717, 1.165) is 38.5 Å². The first-order valence-corrected chi connectivity index (χ1v) is 41.2. The van der Waals surface area contributed by atoms with Gasteiger partial charge < -0.3 is 18.9 Å². The van der Waals surface area contributed by atoms with Gasteiger partial charge in [-0.15, -0.1) is 0 Å². The summed E-state index contributed by atoms with van der Waals surface area (Å²) in [6.45, 7) is 4.50. The van der Waals surface area contributed by atoms with Crippen LogP contribution in [0.4, 0.5) is 0 Å². The second-order valence-electron chi connectivity index (χ2n) is 28.4. The van der Waals surface area contributed by atoms with Crippen LogP contribution >= 0.6 is 7.82 Å². The van der Waals surface area contributed by atoms with Gasteiger partial charge in [0.2, 0.25) is 0 Å². The van der Waals surface area contributed by atoms with Crippen LogP contribution < -0.4 is 0 Å². The van der Waals surface area contributed by atoms with E-state index < -0.39 is 26.5 Å². The molecule has 0 aliphatic carbocycles. The van der Waals surface area contributed by atoms with Gasteiger partial charge in [0.1, 0.15) is 19.8 Å². The Balaban J connectivity index is 3.86. The lowest BCUT2D eigenvalue weighted by Crippen LogP contribution is -2.37. The summed E-state index contributed by atoms with van der Waals surface area (Å²) in [5, 5.41) is 0. The molecule has 0 fully saturated rings. The molecule has 0 bridgehead atoms. The fourth-order valence-corrected chi connectivity index (χ4v) is 12.8. The number of phosphoric ester groups is 1. The smallest absolute Gasteiger partial charge is 0.462 e. The molecule has 0 aliphatic rings. The number of quaternary nitrogens is 1. The molecular formula is C80H155NO8P+. The lowest BCUT2D eigenvalue weighted by atomic mass is 10.0. The maximum Gasteiger partial charge on any atom is 0.472 e. The number of likely N-dealkylation sites (N-methyl/N-ethyl adjacent to an activating group) is 1. The predicted molar refractivity (Wildman–Crippen MR) is 390 cm³/mol. The van der Waals surface area contributed by atoms with Crippen molar-refractivity contribution in [2.75, 3.05) is 47.5 Å². The lowest BCUT2D eigenvalue weighted by Gasteiger charge is -2.24. The van der Waals surface area contributed by atoms with Crippen LogP contribution in [0.5, 0.6) is 0 Å². The summed E-state index contributed by atoms with van der Waals surface area (Å²) >= 11 is 0. The molecule has 0 saturated carbocycles. The van der Waals surface area contributed by atoms with Crippen LogP contribution in [0.2, 0.25) is 0 Å². The van der Waals surface area contributed by atoms with Crippen molar-refractivity contribution < 1.29 is 42.1 Å². The van der Waals surface area contributed by atoms with Crippen molar-refractivity contribution in [2.24, 2.45) is 0 Å². The molecule has 0 aromatic carbocycles. The van der Waals surface area contributed by atoms with Gasteiger partial charge in [-0.2, -0.15) is 0 Å². The van der Waals surface area contributed by atoms with E-state index in [2.05, 4.69) is 50.3 Å². The number of carbonyl (C=O) groups is 2. The van der Waals surface area contributed by atoms with E-state index in [0.29, 0.717) is 23.9 Å². The zero-order valence-corrected chi connectivity index (χ0v) is 61.8. The van der Waals surface area contributed by atoms with Crippen LogP contribution in [0.3, 0.4) is 0 Å². The van der Waals surface area contributed by atoms with Gasteiger partial charge in [-0.05, 0) is 70.6 Å². The Kier molecular flexibility index (Phi) is 70.1. The summed E-state index contributed by atoms with van der Waals surface area (Å²) in [6.07, 6.45) is 93.0. The molecule has 0 aromatic heterocycles. The summed E-state index contributed by atoms with van der Waals surface area (Å²) in [5.41, 5.74) is 0. The molecule has 0 spiro atoms. The largest absolute Gasteiger partial charge is 0.472 e. The lowest BCUT2D eigenvalue weighted by molar-refractivity contribution is -0.870. The third kappa shape index (κ3) is 75.3. The van der Waals surface area contributed by atoms with E-state index in [1.54, 1.807) is 0 Å². The molecule has 532 valence electrons. The highest BCUT2D eigenvalue weighted by Crippen LogP contribution is 2.43. The van der Waals surface area contributed by atoms with Gasteiger partial charge in [-0.3, -0.25) is 18.6 Å². The third-order valence-corrected chi connectivity index (χ3v) is 19.1. The molecule has 0 aromatic rings. The van der Waals surface area contributed by atoms with Crippen LogP contribution in [0.1, 0.15) is 412 Å². The Morgan fingerprint density at radius 1 is 0.344 bits per heavy atom. The number of hydrogen-bond donors (Lipinski definition) is 1. The Morgan fingerprint density at radius 3 is 0.889 bits per heavy atom. The number of nitrogens with zero attached hydrogens (tertiary/aromatic N) is 1. The molecule has 10 heteroatoms. The molecular weight excluding hydrogens is 1130 g/mol. The van der Waals surface area contributed by atoms with Crippen molar-refractivity contribution in [1.29, 1.82) is 0 Å². The molecule has 0 heterocycles. The van der Waals surface area contributed by atoms with Crippen molar-refractivity contribution in [3.63, 3.8) is 0 Å². The van der Waals surface area contributed by atoms with E-state index in [1.807, 2.05) is 21.1 Å². The minimum absolute atomic E-state index is 0.0342. The monoisotopic (exact) mass is 1290 g/mol. The highest BCUT2D eigenvalue weighted by Gasteiger charge is 2.27. The standard InChI is InChI=1S/C80H154NO8P/c1-6-8-10-12-14-16-18-20-22-24-26-28-30-32-33-34-35-36-37-38-39-40-41-42-43-44-45-46-47-49-50-52-54-56-58-60-62-64-66-68-70-72-79(82)86-76-78(77-88-90(84,85)87-75-74-81(3,4)5)89-80(83)73-71-69-67-65-63-61-59-57-55-53-51-48-31-29-27-25-23-21-19-17-15-13-11-9-7-2/h19,21,24-27,78H,6-18,20,22-23,28-77H2,1-5H3/p+1/b21-19-,26-24-,27-25-. The highest BCUT2D eigenvalue weighted by molar-refractivity contribution is 7.47. The average Bonchev–Trinajstić information content (AvgIpc) is 3.58. The quantitative estimate of drug-likeness (QED) is 0.0211. The number of allylic oxidation sites excluding steroid dienone is 6. The first-order chi connectivity index (χ1) is 44.0. The Labute approximate surface area is 561 Å². The minimum Gasteiger partial charge on any atom is -0.462 e. The average molecular weight is 1290 g/mol.